The number of halogens is 1. The summed E-state index contributed by atoms with van der Waals surface area (Å²) in [4.78, 5) is 15.5. The first-order chi connectivity index (χ1) is 7.18. The predicted octanol–water partition coefficient (Wildman–Crippen LogP) is 3.06. The second-order valence-electron chi connectivity index (χ2n) is 3.92. The molecular weight excluding hydrogens is 274 g/mol. The molecule has 1 aliphatic heterocycles. The summed E-state index contributed by atoms with van der Waals surface area (Å²) in [5, 5.41) is 1.98. The molecule has 1 aromatic rings. The molecule has 15 heavy (non-hydrogen) atoms. The second-order valence-corrected chi connectivity index (χ2v) is 6.13. The minimum atomic E-state index is 0.201. The maximum Gasteiger partial charge on any atom is 0.264 e. The van der Waals surface area contributed by atoms with Crippen molar-refractivity contribution in [3.63, 3.8) is 0 Å². The highest BCUT2D eigenvalue weighted by atomic mass is 79.9. The molecule has 0 radical (unpaired) electrons. The van der Waals surface area contributed by atoms with E-state index in [4.69, 9.17) is 0 Å². The van der Waals surface area contributed by atoms with Crippen molar-refractivity contribution >= 4 is 33.2 Å². The van der Waals surface area contributed by atoms with Gasteiger partial charge in [0.2, 0.25) is 0 Å². The normalized spacial score (nSPS) is 21.7. The number of rotatable bonds is 1. The van der Waals surface area contributed by atoms with Gasteiger partial charge in [-0.1, -0.05) is 15.9 Å². The van der Waals surface area contributed by atoms with Crippen molar-refractivity contribution in [2.45, 2.75) is 24.6 Å². The molecule has 0 bridgehead atoms. The van der Waals surface area contributed by atoms with Crippen LogP contribution >= 0.6 is 27.3 Å². The molecule has 1 amide bonds. The summed E-state index contributed by atoms with van der Waals surface area (Å²) in [6.45, 7) is 3.74. The van der Waals surface area contributed by atoms with Crippen molar-refractivity contribution < 1.29 is 4.79 Å². The molecular formula is C11H14BrNOS. The number of piperidine rings is 1. The van der Waals surface area contributed by atoms with Gasteiger partial charge in [0.05, 0.1) is 4.88 Å². The van der Waals surface area contributed by atoms with E-state index < -0.39 is 0 Å². The molecule has 1 fully saturated rings. The van der Waals surface area contributed by atoms with E-state index in [9.17, 15) is 4.79 Å². The summed E-state index contributed by atoms with van der Waals surface area (Å²) < 4.78 is 0. The molecule has 1 aromatic heterocycles. The number of hydrogen-bond donors (Lipinski definition) is 0. The van der Waals surface area contributed by atoms with Crippen molar-refractivity contribution in [2.75, 3.05) is 13.1 Å². The van der Waals surface area contributed by atoms with Crippen molar-refractivity contribution in [3.05, 3.63) is 21.9 Å². The third-order valence-corrected chi connectivity index (χ3v) is 4.46. The first-order valence-electron chi connectivity index (χ1n) is 5.16. The molecule has 0 spiro atoms. The van der Waals surface area contributed by atoms with E-state index in [0.717, 1.165) is 30.0 Å². The SMILES string of the molecule is Cc1ccsc1C(=O)N1CCCC(Br)C1. The summed E-state index contributed by atoms with van der Waals surface area (Å²) in [5.74, 6) is 0.201. The molecule has 0 aliphatic carbocycles. The van der Waals surface area contributed by atoms with Crippen molar-refractivity contribution in [2.24, 2.45) is 0 Å². The number of hydrogen-bond acceptors (Lipinski definition) is 2. The Morgan fingerprint density at radius 3 is 3.07 bits per heavy atom. The zero-order chi connectivity index (χ0) is 10.8. The molecule has 1 atom stereocenters. The summed E-state index contributed by atoms with van der Waals surface area (Å²) in [6.07, 6.45) is 2.28. The van der Waals surface area contributed by atoms with Gasteiger partial charge in [-0.05, 0) is 36.8 Å². The van der Waals surface area contributed by atoms with Crippen LogP contribution in [0.15, 0.2) is 11.4 Å². The van der Waals surface area contributed by atoms with Crippen LogP contribution in [-0.4, -0.2) is 28.7 Å². The molecule has 2 rings (SSSR count). The quantitative estimate of drug-likeness (QED) is 0.727. The smallest absolute Gasteiger partial charge is 0.264 e. The Balaban J connectivity index is 2.11. The molecule has 0 aromatic carbocycles. The summed E-state index contributed by atoms with van der Waals surface area (Å²) in [7, 11) is 0. The number of amides is 1. The number of thiophene rings is 1. The van der Waals surface area contributed by atoms with Crippen LogP contribution in [0.5, 0.6) is 0 Å². The largest absolute Gasteiger partial charge is 0.337 e. The third kappa shape index (κ3) is 2.42. The molecule has 82 valence electrons. The topological polar surface area (TPSA) is 20.3 Å². The lowest BCUT2D eigenvalue weighted by molar-refractivity contribution is 0.0734. The zero-order valence-electron chi connectivity index (χ0n) is 8.70. The van der Waals surface area contributed by atoms with E-state index in [0.29, 0.717) is 4.83 Å². The molecule has 2 nitrogen and oxygen atoms in total. The van der Waals surface area contributed by atoms with Crippen LogP contribution < -0.4 is 0 Å². The fraction of sp³-hybridized carbons (Fsp3) is 0.545. The number of likely N-dealkylation sites (tertiary alicyclic amines) is 1. The van der Waals surface area contributed by atoms with Crippen LogP contribution in [0.1, 0.15) is 28.1 Å². The van der Waals surface area contributed by atoms with E-state index in [1.165, 1.54) is 6.42 Å². The van der Waals surface area contributed by atoms with E-state index in [2.05, 4.69) is 15.9 Å². The summed E-state index contributed by atoms with van der Waals surface area (Å²) in [5.41, 5.74) is 1.10. The van der Waals surface area contributed by atoms with Gasteiger partial charge >= 0.3 is 0 Å². The van der Waals surface area contributed by atoms with Crippen molar-refractivity contribution in [1.29, 1.82) is 0 Å². The van der Waals surface area contributed by atoms with Gasteiger partial charge < -0.3 is 4.90 Å². The van der Waals surface area contributed by atoms with Gasteiger partial charge in [-0.3, -0.25) is 4.79 Å². The Morgan fingerprint density at radius 1 is 1.67 bits per heavy atom. The highest BCUT2D eigenvalue weighted by molar-refractivity contribution is 9.09. The molecule has 4 heteroatoms. The molecule has 0 saturated carbocycles. The van der Waals surface area contributed by atoms with E-state index >= 15 is 0 Å². The molecule has 1 saturated heterocycles. The minimum absolute atomic E-state index is 0.201. The Kier molecular flexibility index (Phi) is 3.46. The van der Waals surface area contributed by atoms with Crippen LogP contribution in [-0.2, 0) is 0 Å². The van der Waals surface area contributed by atoms with Crippen LogP contribution in [0.25, 0.3) is 0 Å². The zero-order valence-corrected chi connectivity index (χ0v) is 11.1. The number of nitrogens with zero attached hydrogens (tertiary/aromatic N) is 1. The molecule has 1 unspecified atom stereocenters. The molecule has 0 N–H and O–H groups in total. The van der Waals surface area contributed by atoms with Crippen LogP contribution in [0.4, 0.5) is 0 Å². The average Bonchev–Trinajstić information content (AvgIpc) is 2.63. The standard InChI is InChI=1S/C11H14BrNOS/c1-8-4-6-15-10(8)11(14)13-5-2-3-9(12)7-13/h4,6,9H,2-3,5,7H2,1H3. The predicted molar refractivity (Wildman–Crippen MR) is 66.9 cm³/mol. The third-order valence-electron chi connectivity index (χ3n) is 2.71. The highest BCUT2D eigenvalue weighted by Gasteiger charge is 2.24. The Hall–Kier alpha value is -0.350. The maximum absolute atomic E-state index is 12.1. The summed E-state index contributed by atoms with van der Waals surface area (Å²) in [6, 6.07) is 2.01. The monoisotopic (exact) mass is 287 g/mol. The first kappa shape index (κ1) is 11.1. The Morgan fingerprint density at radius 2 is 2.47 bits per heavy atom. The van der Waals surface area contributed by atoms with Gasteiger partial charge in [0, 0.05) is 17.9 Å². The van der Waals surface area contributed by atoms with E-state index in [1.54, 1.807) is 11.3 Å². The molecule has 2 heterocycles. The lowest BCUT2D eigenvalue weighted by Crippen LogP contribution is -2.40. The number of aryl methyl sites for hydroxylation is 1. The van der Waals surface area contributed by atoms with Crippen LogP contribution in [0, 0.1) is 6.92 Å². The molecule has 1 aliphatic rings. The van der Waals surface area contributed by atoms with E-state index in [-0.39, 0.29) is 5.91 Å². The minimum Gasteiger partial charge on any atom is -0.337 e. The summed E-state index contributed by atoms with van der Waals surface area (Å²) >= 11 is 5.13. The highest BCUT2D eigenvalue weighted by Crippen LogP contribution is 2.22. The first-order valence-corrected chi connectivity index (χ1v) is 6.95. The average molecular weight is 288 g/mol. The van der Waals surface area contributed by atoms with Crippen LogP contribution in [0.3, 0.4) is 0 Å². The van der Waals surface area contributed by atoms with Gasteiger partial charge in [0.15, 0.2) is 0 Å². The number of carbonyl (C=O) groups is 1. The van der Waals surface area contributed by atoms with Crippen LogP contribution in [0.2, 0.25) is 0 Å². The number of carbonyl (C=O) groups excluding carboxylic acids is 1. The fourth-order valence-electron chi connectivity index (χ4n) is 1.85. The van der Waals surface area contributed by atoms with Gasteiger partial charge in [0.25, 0.3) is 5.91 Å². The van der Waals surface area contributed by atoms with Gasteiger partial charge in [-0.15, -0.1) is 11.3 Å². The Bertz CT molecular complexity index is 363. The van der Waals surface area contributed by atoms with Crippen molar-refractivity contribution in [1.82, 2.24) is 4.90 Å². The van der Waals surface area contributed by atoms with Gasteiger partial charge in [-0.2, -0.15) is 0 Å². The lowest BCUT2D eigenvalue weighted by atomic mass is 10.1. The Labute approximate surface area is 102 Å². The van der Waals surface area contributed by atoms with Gasteiger partial charge in [-0.25, -0.2) is 0 Å². The maximum atomic E-state index is 12.1. The van der Waals surface area contributed by atoms with Gasteiger partial charge in [0.1, 0.15) is 0 Å². The fourth-order valence-corrected chi connectivity index (χ4v) is 3.41. The second kappa shape index (κ2) is 4.66. The van der Waals surface area contributed by atoms with Crippen molar-refractivity contribution in [3.8, 4) is 0 Å². The number of alkyl halides is 1. The lowest BCUT2D eigenvalue weighted by Gasteiger charge is -2.29. The van der Waals surface area contributed by atoms with E-state index in [1.807, 2.05) is 23.3 Å².